The Kier molecular flexibility index (Phi) is 5.62. The van der Waals surface area contributed by atoms with Gasteiger partial charge in [-0.3, -0.25) is 4.79 Å². The van der Waals surface area contributed by atoms with Gasteiger partial charge in [0.1, 0.15) is 29.2 Å². The number of anilines is 1. The Morgan fingerprint density at radius 2 is 1.79 bits per heavy atom. The van der Waals surface area contributed by atoms with E-state index in [1.807, 2.05) is 0 Å². The van der Waals surface area contributed by atoms with Gasteiger partial charge in [-0.1, -0.05) is 6.07 Å². The first kappa shape index (κ1) is 19.4. The second-order valence-electron chi connectivity index (χ2n) is 6.16. The molecule has 0 aliphatic carbocycles. The fourth-order valence-corrected chi connectivity index (χ4v) is 3.10. The van der Waals surface area contributed by atoms with Crippen molar-refractivity contribution in [3.8, 4) is 11.5 Å². The molecule has 0 saturated carbocycles. The molecule has 0 spiro atoms. The normalized spacial score (nSPS) is 18.4. The third-order valence-electron chi connectivity index (χ3n) is 4.45. The topological polar surface area (TPSA) is 88.7 Å². The number of methoxy groups -OCH3 is 2. The van der Waals surface area contributed by atoms with E-state index in [9.17, 15) is 18.4 Å². The first-order chi connectivity index (χ1) is 13.4. The standard InChI is InChI=1S/C19H19F2N3O4/c1-27-11-5-3-4-10(6-11)23-19(26)24-17-13(9-22-18(17)25)16-14(20)7-12(28-2)8-15(16)21/h3-8,13,17H,9H2,1-2H3,(H,22,25)(H2,23,24,26). The molecule has 3 N–H and O–H groups in total. The number of urea groups is 1. The van der Waals surface area contributed by atoms with Crippen LogP contribution in [0.4, 0.5) is 19.3 Å². The lowest BCUT2D eigenvalue weighted by Gasteiger charge is -2.20. The summed E-state index contributed by atoms with van der Waals surface area (Å²) in [4.78, 5) is 24.5. The minimum Gasteiger partial charge on any atom is -0.497 e. The molecule has 1 fully saturated rings. The van der Waals surface area contributed by atoms with Crippen LogP contribution in [-0.4, -0.2) is 38.7 Å². The van der Waals surface area contributed by atoms with Gasteiger partial charge < -0.3 is 25.4 Å². The number of nitrogens with one attached hydrogen (secondary N) is 3. The summed E-state index contributed by atoms with van der Waals surface area (Å²) in [5, 5.41) is 7.57. The van der Waals surface area contributed by atoms with Crippen molar-refractivity contribution in [2.45, 2.75) is 12.0 Å². The second kappa shape index (κ2) is 8.12. The lowest BCUT2D eigenvalue weighted by atomic mass is 9.93. The fraction of sp³-hybridized carbons (Fsp3) is 0.263. The number of amides is 3. The number of carbonyl (C=O) groups excluding carboxylic acids is 2. The Labute approximate surface area is 160 Å². The quantitative estimate of drug-likeness (QED) is 0.730. The number of carbonyl (C=O) groups is 2. The number of hydrogen-bond donors (Lipinski definition) is 3. The minimum absolute atomic E-state index is 0.0108. The molecule has 3 rings (SSSR count). The smallest absolute Gasteiger partial charge is 0.319 e. The maximum absolute atomic E-state index is 14.4. The first-order valence-electron chi connectivity index (χ1n) is 8.45. The Bertz CT molecular complexity index is 883. The van der Waals surface area contributed by atoms with Crippen molar-refractivity contribution in [1.29, 1.82) is 0 Å². The van der Waals surface area contributed by atoms with E-state index in [1.54, 1.807) is 24.3 Å². The molecule has 1 aliphatic rings. The molecule has 7 nitrogen and oxygen atoms in total. The van der Waals surface area contributed by atoms with Gasteiger partial charge in [0.2, 0.25) is 5.91 Å². The van der Waals surface area contributed by atoms with E-state index in [0.717, 1.165) is 12.1 Å². The third-order valence-corrected chi connectivity index (χ3v) is 4.45. The number of benzene rings is 2. The van der Waals surface area contributed by atoms with Crippen LogP contribution >= 0.6 is 0 Å². The molecule has 2 unspecified atom stereocenters. The van der Waals surface area contributed by atoms with Gasteiger partial charge in [0.25, 0.3) is 0 Å². The number of halogens is 2. The molecule has 1 aliphatic heterocycles. The van der Waals surface area contributed by atoms with Crippen LogP contribution in [0, 0.1) is 11.6 Å². The highest BCUT2D eigenvalue weighted by Crippen LogP contribution is 2.31. The summed E-state index contributed by atoms with van der Waals surface area (Å²) < 4.78 is 38.7. The van der Waals surface area contributed by atoms with Gasteiger partial charge in [0, 0.05) is 41.9 Å². The molecular formula is C19H19F2N3O4. The van der Waals surface area contributed by atoms with Crippen molar-refractivity contribution in [3.05, 3.63) is 53.6 Å². The van der Waals surface area contributed by atoms with E-state index in [-0.39, 0.29) is 17.9 Å². The maximum atomic E-state index is 14.4. The monoisotopic (exact) mass is 391 g/mol. The van der Waals surface area contributed by atoms with Crippen LogP contribution < -0.4 is 25.4 Å². The molecule has 148 valence electrons. The lowest BCUT2D eigenvalue weighted by Crippen LogP contribution is -2.45. The molecule has 3 amide bonds. The van der Waals surface area contributed by atoms with Gasteiger partial charge in [-0.2, -0.15) is 0 Å². The Morgan fingerprint density at radius 1 is 1.11 bits per heavy atom. The summed E-state index contributed by atoms with van der Waals surface area (Å²) in [6.07, 6.45) is 0. The van der Waals surface area contributed by atoms with E-state index in [0.29, 0.717) is 11.4 Å². The van der Waals surface area contributed by atoms with Gasteiger partial charge in [0.05, 0.1) is 14.2 Å². The second-order valence-corrected chi connectivity index (χ2v) is 6.16. The summed E-state index contributed by atoms with van der Waals surface area (Å²) in [6, 6.07) is 6.87. The van der Waals surface area contributed by atoms with Gasteiger partial charge in [-0.25, -0.2) is 13.6 Å². The maximum Gasteiger partial charge on any atom is 0.319 e. The third kappa shape index (κ3) is 3.98. The summed E-state index contributed by atoms with van der Waals surface area (Å²) in [5.74, 6) is -2.57. The average molecular weight is 391 g/mol. The van der Waals surface area contributed by atoms with Crippen molar-refractivity contribution in [3.63, 3.8) is 0 Å². The van der Waals surface area contributed by atoms with E-state index in [1.165, 1.54) is 14.2 Å². The largest absolute Gasteiger partial charge is 0.497 e. The SMILES string of the molecule is COc1cccc(NC(=O)NC2C(=O)NCC2c2c(F)cc(OC)cc2F)c1. The molecule has 1 heterocycles. The molecule has 0 aromatic heterocycles. The number of hydrogen-bond acceptors (Lipinski definition) is 4. The van der Waals surface area contributed by atoms with Crippen LogP contribution in [-0.2, 0) is 4.79 Å². The Hall–Kier alpha value is -3.36. The van der Waals surface area contributed by atoms with Gasteiger partial charge in [0.15, 0.2) is 0 Å². The lowest BCUT2D eigenvalue weighted by molar-refractivity contribution is -0.120. The van der Waals surface area contributed by atoms with Crippen LogP contribution in [0.15, 0.2) is 36.4 Å². The minimum atomic E-state index is -1.14. The van der Waals surface area contributed by atoms with Crippen molar-refractivity contribution >= 4 is 17.6 Å². The molecule has 2 aromatic carbocycles. The highest BCUT2D eigenvalue weighted by molar-refractivity contribution is 5.95. The number of ether oxygens (including phenoxy) is 2. The zero-order valence-electron chi connectivity index (χ0n) is 15.2. The zero-order chi connectivity index (χ0) is 20.3. The summed E-state index contributed by atoms with van der Waals surface area (Å²) in [7, 11) is 2.78. The van der Waals surface area contributed by atoms with Crippen LogP contribution in [0.25, 0.3) is 0 Å². The first-order valence-corrected chi connectivity index (χ1v) is 8.45. The predicted octanol–water partition coefficient (Wildman–Crippen LogP) is 2.39. The predicted molar refractivity (Wildman–Crippen MR) is 97.6 cm³/mol. The Morgan fingerprint density at radius 3 is 2.43 bits per heavy atom. The van der Waals surface area contributed by atoms with Crippen molar-refractivity contribution in [2.24, 2.45) is 0 Å². The van der Waals surface area contributed by atoms with Crippen molar-refractivity contribution in [1.82, 2.24) is 10.6 Å². The summed E-state index contributed by atoms with van der Waals surface area (Å²) in [5.41, 5.74) is 0.152. The molecule has 2 atom stereocenters. The molecule has 0 radical (unpaired) electrons. The zero-order valence-corrected chi connectivity index (χ0v) is 15.2. The molecule has 0 bridgehead atoms. The highest BCUT2D eigenvalue weighted by Gasteiger charge is 2.40. The van der Waals surface area contributed by atoms with Crippen molar-refractivity contribution in [2.75, 3.05) is 26.1 Å². The average Bonchev–Trinajstić information content (AvgIpc) is 3.01. The van der Waals surface area contributed by atoms with Gasteiger partial charge in [-0.05, 0) is 12.1 Å². The molecular weight excluding hydrogens is 372 g/mol. The van der Waals surface area contributed by atoms with E-state index in [4.69, 9.17) is 9.47 Å². The van der Waals surface area contributed by atoms with Crippen molar-refractivity contribution < 1.29 is 27.8 Å². The molecule has 1 saturated heterocycles. The van der Waals surface area contributed by atoms with Crippen LogP contribution in [0.3, 0.4) is 0 Å². The van der Waals surface area contributed by atoms with E-state index in [2.05, 4.69) is 16.0 Å². The van der Waals surface area contributed by atoms with Crippen LogP contribution in [0.5, 0.6) is 11.5 Å². The summed E-state index contributed by atoms with van der Waals surface area (Å²) >= 11 is 0. The Balaban J connectivity index is 1.78. The van der Waals surface area contributed by atoms with Gasteiger partial charge in [-0.15, -0.1) is 0 Å². The van der Waals surface area contributed by atoms with Gasteiger partial charge >= 0.3 is 6.03 Å². The molecule has 2 aromatic rings. The fourth-order valence-electron chi connectivity index (χ4n) is 3.10. The van der Waals surface area contributed by atoms with E-state index < -0.39 is 35.5 Å². The molecule has 28 heavy (non-hydrogen) atoms. The number of rotatable bonds is 5. The van der Waals surface area contributed by atoms with Crippen LogP contribution in [0.1, 0.15) is 11.5 Å². The van der Waals surface area contributed by atoms with E-state index >= 15 is 0 Å². The van der Waals surface area contributed by atoms with Crippen LogP contribution in [0.2, 0.25) is 0 Å². The molecule has 9 heteroatoms. The highest BCUT2D eigenvalue weighted by atomic mass is 19.1. The summed E-state index contributed by atoms with van der Waals surface area (Å²) in [6.45, 7) is -0.0108.